The van der Waals surface area contributed by atoms with E-state index in [1.165, 1.54) is 22.4 Å². The van der Waals surface area contributed by atoms with E-state index >= 15 is 0 Å². The van der Waals surface area contributed by atoms with E-state index in [4.69, 9.17) is 0 Å². The largest absolute Gasteiger partial charge is 0.330 e. The Morgan fingerprint density at radius 1 is 0.828 bits per heavy atom. The lowest BCUT2D eigenvalue weighted by atomic mass is 10.2. The highest BCUT2D eigenvalue weighted by atomic mass is 16.2. The predicted molar refractivity (Wildman–Crippen MR) is 113 cm³/mol. The highest BCUT2D eigenvalue weighted by molar-refractivity contribution is 5.80. The van der Waals surface area contributed by atoms with E-state index in [1.807, 2.05) is 36.4 Å². The first kappa shape index (κ1) is 18.4. The Morgan fingerprint density at radius 2 is 1.52 bits per heavy atom. The molecule has 0 unspecified atom stereocenters. The minimum Gasteiger partial charge on any atom is -0.303 e. The van der Waals surface area contributed by atoms with E-state index in [9.17, 15) is 14.4 Å². The zero-order chi connectivity index (χ0) is 20.5. The summed E-state index contributed by atoms with van der Waals surface area (Å²) in [4.78, 5) is 42.1. The standard InChI is InChI=1S/C22H18N4O3/c1-24-14-15(20(27)25(2)22(24)29)12-13-19-23-18-11-7-6-10-17(18)21(28)26(19)16-8-4-3-5-9-16/h3-14H,1-2H3/b13-12+. The van der Waals surface area contributed by atoms with Crippen LogP contribution in [0.2, 0.25) is 0 Å². The summed E-state index contributed by atoms with van der Waals surface area (Å²) in [6.45, 7) is 0. The summed E-state index contributed by atoms with van der Waals surface area (Å²) in [5.74, 6) is 0.385. The highest BCUT2D eigenvalue weighted by Gasteiger charge is 2.11. The van der Waals surface area contributed by atoms with Crippen molar-refractivity contribution in [2.75, 3.05) is 0 Å². The molecule has 0 bridgehead atoms. The van der Waals surface area contributed by atoms with Crippen molar-refractivity contribution < 1.29 is 0 Å². The molecule has 0 aliphatic heterocycles. The van der Waals surface area contributed by atoms with Gasteiger partial charge in [-0.25, -0.2) is 9.78 Å². The summed E-state index contributed by atoms with van der Waals surface area (Å²) in [6, 6.07) is 16.3. The fourth-order valence-electron chi connectivity index (χ4n) is 3.20. The number of aromatic nitrogens is 4. The zero-order valence-electron chi connectivity index (χ0n) is 15.9. The van der Waals surface area contributed by atoms with E-state index in [0.717, 1.165) is 4.57 Å². The van der Waals surface area contributed by atoms with Crippen molar-refractivity contribution in [3.8, 4) is 5.69 Å². The van der Waals surface area contributed by atoms with Crippen molar-refractivity contribution >= 4 is 23.1 Å². The number of fused-ring (bicyclic) bond motifs is 1. The average molecular weight is 386 g/mol. The van der Waals surface area contributed by atoms with Crippen LogP contribution in [0.3, 0.4) is 0 Å². The Hall–Kier alpha value is -4.00. The van der Waals surface area contributed by atoms with Gasteiger partial charge >= 0.3 is 5.69 Å². The molecule has 0 saturated carbocycles. The summed E-state index contributed by atoms with van der Waals surface area (Å²) in [5.41, 5.74) is 0.531. The molecule has 0 aliphatic carbocycles. The summed E-state index contributed by atoms with van der Waals surface area (Å²) in [5, 5.41) is 0.506. The first-order valence-electron chi connectivity index (χ1n) is 8.99. The van der Waals surface area contributed by atoms with Crippen LogP contribution in [0.25, 0.3) is 28.7 Å². The van der Waals surface area contributed by atoms with Crippen LogP contribution in [-0.4, -0.2) is 18.7 Å². The molecule has 7 nitrogen and oxygen atoms in total. The van der Waals surface area contributed by atoms with Crippen LogP contribution in [0.4, 0.5) is 0 Å². The maximum absolute atomic E-state index is 13.2. The topological polar surface area (TPSA) is 78.9 Å². The number of rotatable bonds is 3. The second kappa shape index (κ2) is 7.20. The molecule has 0 fully saturated rings. The van der Waals surface area contributed by atoms with Crippen LogP contribution in [0.15, 0.2) is 75.2 Å². The second-order valence-corrected chi connectivity index (χ2v) is 6.64. The number of para-hydroxylation sites is 2. The molecule has 0 atom stereocenters. The van der Waals surface area contributed by atoms with E-state index in [-0.39, 0.29) is 5.56 Å². The number of hydrogen-bond acceptors (Lipinski definition) is 4. The maximum atomic E-state index is 13.2. The number of benzene rings is 2. The Labute approximate surface area is 165 Å². The first-order valence-corrected chi connectivity index (χ1v) is 8.99. The Balaban J connectivity index is 1.97. The van der Waals surface area contributed by atoms with Gasteiger partial charge in [0, 0.05) is 20.3 Å². The maximum Gasteiger partial charge on any atom is 0.330 e. The zero-order valence-corrected chi connectivity index (χ0v) is 15.9. The van der Waals surface area contributed by atoms with Gasteiger partial charge in [0.25, 0.3) is 11.1 Å². The Bertz CT molecular complexity index is 1430. The fraction of sp³-hybridized carbons (Fsp3) is 0.0909. The van der Waals surface area contributed by atoms with E-state index in [2.05, 4.69) is 4.98 Å². The van der Waals surface area contributed by atoms with Crippen molar-refractivity contribution in [1.82, 2.24) is 18.7 Å². The Kier molecular flexibility index (Phi) is 4.56. The van der Waals surface area contributed by atoms with Crippen LogP contribution >= 0.6 is 0 Å². The summed E-state index contributed by atoms with van der Waals surface area (Å²) >= 11 is 0. The van der Waals surface area contributed by atoms with Crippen molar-refractivity contribution in [3.05, 3.63) is 103 Å². The molecule has 0 aliphatic rings. The lowest BCUT2D eigenvalue weighted by molar-refractivity contribution is 0.683. The Morgan fingerprint density at radius 3 is 2.28 bits per heavy atom. The normalized spacial score (nSPS) is 11.4. The number of hydrogen-bond donors (Lipinski definition) is 0. The van der Waals surface area contributed by atoms with E-state index < -0.39 is 11.2 Å². The lowest BCUT2D eigenvalue weighted by Crippen LogP contribution is -2.37. The highest BCUT2D eigenvalue weighted by Crippen LogP contribution is 2.14. The van der Waals surface area contributed by atoms with Gasteiger partial charge in [0.1, 0.15) is 5.82 Å². The third-order valence-corrected chi connectivity index (χ3v) is 4.70. The molecule has 2 aromatic carbocycles. The molecule has 0 saturated heterocycles. The summed E-state index contributed by atoms with van der Waals surface area (Å²) in [6.07, 6.45) is 4.65. The van der Waals surface area contributed by atoms with Gasteiger partial charge in [-0.05, 0) is 36.4 Å². The second-order valence-electron chi connectivity index (χ2n) is 6.64. The van der Waals surface area contributed by atoms with Crippen LogP contribution in [0, 0.1) is 0 Å². The lowest BCUT2D eigenvalue weighted by Gasteiger charge is -2.11. The van der Waals surface area contributed by atoms with Gasteiger partial charge in [-0.1, -0.05) is 30.3 Å². The molecular weight excluding hydrogens is 368 g/mol. The van der Waals surface area contributed by atoms with Gasteiger partial charge in [0.2, 0.25) is 0 Å². The average Bonchev–Trinajstić information content (AvgIpc) is 2.74. The van der Waals surface area contributed by atoms with Crippen LogP contribution in [-0.2, 0) is 14.1 Å². The van der Waals surface area contributed by atoms with Crippen molar-refractivity contribution in [1.29, 1.82) is 0 Å². The third kappa shape index (κ3) is 3.23. The predicted octanol–water partition coefficient (Wildman–Crippen LogP) is 1.95. The van der Waals surface area contributed by atoms with Crippen LogP contribution in [0.5, 0.6) is 0 Å². The SMILES string of the molecule is Cn1cc(/C=C/c2nc3ccccc3c(=O)n2-c2ccccc2)c(=O)n(C)c1=O. The molecule has 4 rings (SSSR count). The van der Waals surface area contributed by atoms with Crippen LogP contribution in [0.1, 0.15) is 11.4 Å². The van der Waals surface area contributed by atoms with Gasteiger partial charge in [0.05, 0.1) is 22.2 Å². The smallest absolute Gasteiger partial charge is 0.303 e. The molecule has 0 amide bonds. The molecule has 144 valence electrons. The molecule has 0 radical (unpaired) electrons. The quantitative estimate of drug-likeness (QED) is 0.539. The van der Waals surface area contributed by atoms with Crippen molar-refractivity contribution in [2.45, 2.75) is 0 Å². The third-order valence-electron chi connectivity index (χ3n) is 4.70. The monoisotopic (exact) mass is 386 g/mol. The number of nitrogens with zero attached hydrogens (tertiary/aromatic N) is 4. The number of aryl methyl sites for hydroxylation is 1. The van der Waals surface area contributed by atoms with Gasteiger partial charge in [0.15, 0.2) is 0 Å². The van der Waals surface area contributed by atoms with Gasteiger partial charge in [-0.3, -0.25) is 18.7 Å². The van der Waals surface area contributed by atoms with Gasteiger partial charge < -0.3 is 4.57 Å². The summed E-state index contributed by atoms with van der Waals surface area (Å²) in [7, 11) is 3.00. The van der Waals surface area contributed by atoms with Crippen molar-refractivity contribution in [3.63, 3.8) is 0 Å². The molecule has 29 heavy (non-hydrogen) atoms. The molecular formula is C22H18N4O3. The minimum absolute atomic E-state index is 0.199. The molecule has 7 heteroatoms. The molecule has 0 N–H and O–H groups in total. The molecule has 4 aromatic rings. The van der Waals surface area contributed by atoms with Crippen LogP contribution < -0.4 is 16.8 Å². The van der Waals surface area contributed by atoms with E-state index in [1.54, 1.807) is 37.4 Å². The molecule has 2 heterocycles. The first-order chi connectivity index (χ1) is 14.0. The minimum atomic E-state index is -0.418. The molecule has 0 spiro atoms. The van der Waals surface area contributed by atoms with Gasteiger partial charge in [-0.2, -0.15) is 0 Å². The molecule has 2 aromatic heterocycles. The fourth-order valence-corrected chi connectivity index (χ4v) is 3.20. The van der Waals surface area contributed by atoms with E-state index in [0.29, 0.717) is 28.0 Å². The van der Waals surface area contributed by atoms with Gasteiger partial charge in [-0.15, -0.1) is 0 Å². The summed E-state index contributed by atoms with van der Waals surface area (Å²) < 4.78 is 3.88. The van der Waals surface area contributed by atoms with Crippen molar-refractivity contribution in [2.24, 2.45) is 14.1 Å².